The molecule has 1 fully saturated rings. The molecule has 1 saturated heterocycles. The first-order valence-corrected chi connectivity index (χ1v) is 9.24. The van der Waals surface area contributed by atoms with Gasteiger partial charge in [0.15, 0.2) is 0 Å². The lowest BCUT2D eigenvalue weighted by molar-refractivity contribution is 0.0643. The molecule has 1 amide bonds. The smallest absolute Gasteiger partial charge is 0.254 e. The summed E-state index contributed by atoms with van der Waals surface area (Å²) in [6.45, 7) is 0. The van der Waals surface area contributed by atoms with E-state index < -0.39 is 10.0 Å². The first kappa shape index (κ1) is 15.2. The molecule has 0 radical (unpaired) electrons. The molecular formula is C16H16N4O3S. The number of sulfonamides is 1. The van der Waals surface area contributed by atoms with Crippen molar-refractivity contribution >= 4 is 15.9 Å². The summed E-state index contributed by atoms with van der Waals surface area (Å²) >= 11 is 0. The Morgan fingerprint density at radius 2 is 1.96 bits per heavy atom. The van der Waals surface area contributed by atoms with Crippen LogP contribution in [0.15, 0.2) is 41.7 Å². The van der Waals surface area contributed by atoms with E-state index in [2.05, 4.69) is 9.97 Å². The van der Waals surface area contributed by atoms with Crippen molar-refractivity contribution < 1.29 is 13.2 Å². The molecule has 8 heteroatoms. The Morgan fingerprint density at radius 3 is 2.67 bits per heavy atom. The number of rotatable bonds is 2. The van der Waals surface area contributed by atoms with Gasteiger partial charge in [-0.05, 0) is 37.1 Å². The highest BCUT2D eigenvalue weighted by molar-refractivity contribution is 7.89. The van der Waals surface area contributed by atoms with Crippen molar-refractivity contribution in [2.24, 2.45) is 5.14 Å². The Labute approximate surface area is 139 Å². The minimum absolute atomic E-state index is 0.000545. The molecule has 0 saturated carbocycles. The maximum Gasteiger partial charge on any atom is 0.254 e. The van der Waals surface area contributed by atoms with Gasteiger partial charge in [0, 0.05) is 29.8 Å². The summed E-state index contributed by atoms with van der Waals surface area (Å²) in [4.78, 5) is 23.2. The third-order valence-electron chi connectivity index (χ3n) is 4.78. The first-order chi connectivity index (χ1) is 11.4. The monoisotopic (exact) mass is 344 g/mol. The van der Waals surface area contributed by atoms with E-state index in [-0.39, 0.29) is 22.9 Å². The molecule has 2 aliphatic heterocycles. The van der Waals surface area contributed by atoms with E-state index in [0.717, 1.165) is 30.5 Å². The van der Waals surface area contributed by atoms with Crippen LogP contribution in [0.1, 0.15) is 40.5 Å². The molecule has 2 aliphatic rings. The number of aromatic nitrogens is 2. The summed E-state index contributed by atoms with van der Waals surface area (Å²) in [5.74, 6) is -0.0991. The highest BCUT2D eigenvalue weighted by Crippen LogP contribution is 2.43. The van der Waals surface area contributed by atoms with Crippen molar-refractivity contribution in [1.29, 1.82) is 0 Å². The molecule has 3 heterocycles. The Kier molecular flexibility index (Phi) is 3.40. The number of carbonyl (C=O) groups is 1. The van der Waals surface area contributed by atoms with Gasteiger partial charge < -0.3 is 4.90 Å². The Bertz CT molecular complexity index is 911. The quantitative estimate of drug-likeness (QED) is 0.875. The SMILES string of the molecule is NS(=O)(=O)c1ccc(C(=O)N2C3CCC2c2cncnc2C3)cc1. The molecule has 2 N–H and O–H groups in total. The summed E-state index contributed by atoms with van der Waals surface area (Å²) in [6, 6.07) is 5.88. The molecule has 1 aromatic heterocycles. The summed E-state index contributed by atoms with van der Waals surface area (Å²) in [5, 5.41) is 5.10. The average Bonchev–Trinajstić information content (AvgIpc) is 2.88. The second-order valence-electron chi connectivity index (χ2n) is 6.16. The van der Waals surface area contributed by atoms with Gasteiger partial charge in [0.05, 0.1) is 16.6 Å². The van der Waals surface area contributed by atoms with Crippen LogP contribution in [0.2, 0.25) is 0 Å². The van der Waals surface area contributed by atoms with Crippen LogP contribution in [0.5, 0.6) is 0 Å². The van der Waals surface area contributed by atoms with Gasteiger partial charge in [-0.2, -0.15) is 0 Å². The Morgan fingerprint density at radius 1 is 1.21 bits per heavy atom. The molecule has 7 nitrogen and oxygen atoms in total. The molecule has 24 heavy (non-hydrogen) atoms. The number of nitrogens with two attached hydrogens (primary N) is 1. The normalized spacial score (nSPS) is 22.3. The number of primary sulfonamides is 1. The van der Waals surface area contributed by atoms with Gasteiger partial charge in [0.25, 0.3) is 5.91 Å². The van der Waals surface area contributed by atoms with Crippen molar-refractivity contribution in [2.45, 2.75) is 36.2 Å². The van der Waals surface area contributed by atoms with Crippen LogP contribution >= 0.6 is 0 Å². The first-order valence-electron chi connectivity index (χ1n) is 7.69. The zero-order valence-corrected chi connectivity index (χ0v) is 13.6. The fourth-order valence-electron chi connectivity index (χ4n) is 3.67. The number of carbonyl (C=O) groups excluding carboxylic acids is 1. The molecule has 2 bridgehead atoms. The van der Waals surface area contributed by atoms with Crippen molar-refractivity contribution in [3.8, 4) is 0 Å². The number of hydrogen-bond donors (Lipinski definition) is 1. The summed E-state index contributed by atoms with van der Waals surface area (Å²) in [7, 11) is -3.76. The number of amides is 1. The molecular weight excluding hydrogens is 328 g/mol. The highest BCUT2D eigenvalue weighted by Gasteiger charge is 2.43. The molecule has 1 aromatic carbocycles. The van der Waals surface area contributed by atoms with Crippen molar-refractivity contribution in [2.75, 3.05) is 0 Å². The lowest BCUT2D eigenvalue weighted by Crippen LogP contribution is -2.42. The molecule has 124 valence electrons. The maximum absolute atomic E-state index is 12.9. The zero-order chi connectivity index (χ0) is 16.9. The van der Waals surface area contributed by atoms with Crippen molar-refractivity contribution in [3.05, 3.63) is 53.6 Å². The maximum atomic E-state index is 12.9. The lowest BCUT2D eigenvalue weighted by Gasteiger charge is -2.35. The minimum Gasteiger partial charge on any atom is -0.328 e. The third-order valence-corrected chi connectivity index (χ3v) is 5.71. The van der Waals surface area contributed by atoms with Gasteiger partial charge in [-0.3, -0.25) is 4.79 Å². The van der Waals surface area contributed by atoms with E-state index in [9.17, 15) is 13.2 Å². The van der Waals surface area contributed by atoms with Crippen LogP contribution in [0.3, 0.4) is 0 Å². The number of nitrogens with zero attached hydrogens (tertiary/aromatic N) is 3. The van der Waals surface area contributed by atoms with Crippen LogP contribution in [0.25, 0.3) is 0 Å². The molecule has 4 rings (SSSR count). The van der Waals surface area contributed by atoms with E-state index in [1.165, 1.54) is 24.3 Å². The van der Waals surface area contributed by atoms with Gasteiger partial charge in [-0.15, -0.1) is 0 Å². The topological polar surface area (TPSA) is 106 Å². The van der Waals surface area contributed by atoms with Gasteiger partial charge in [0.1, 0.15) is 6.33 Å². The average molecular weight is 344 g/mol. The minimum atomic E-state index is -3.76. The van der Waals surface area contributed by atoms with Crippen LogP contribution in [0.4, 0.5) is 0 Å². The number of hydrogen-bond acceptors (Lipinski definition) is 5. The standard InChI is InChI=1S/C16H16N4O3S/c17-24(22,23)12-4-1-10(2-5-12)16(21)20-11-3-6-15(20)13-8-18-9-19-14(13)7-11/h1-2,4-5,8-9,11,15H,3,6-7H2,(H2,17,22,23). The van der Waals surface area contributed by atoms with Crippen molar-refractivity contribution in [3.63, 3.8) is 0 Å². The summed E-state index contributed by atoms with van der Waals surface area (Å²) < 4.78 is 22.7. The molecule has 2 atom stereocenters. The molecule has 2 unspecified atom stereocenters. The number of fused-ring (bicyclic) bond motifs is 4. The largest absolute Gasteiger partial charge is 0.328 e. The third kappa shape index (κ3) is 2.38. The molecule has 0 spiro atoms. The molecule has 0 aliphatic carbocycles. The van der Waals surface area contributed by atoms with Gasteiger partial charge in [-0.25, -0.2) is 23.5 Å². The highest BCUT2D eigenvalue weighted by atomic mass is 32.2. The summed E-state index contributed by atoms with van der Waals surface area (Å²) in [6.07, 6.45) is 5.89. The second-order valence-corrected chi connectivity index (χ2v) is 7.72. The fraction of sp³-hybridized carbons (Fsp3) is 0.312. The lowest BCUT2D eigenvalue weighted by atomic mass is 9.98. The van der Waals surface area contributed by atoms with E-state index in [1.807, 2.05) is 4.90 Å². The number of benzene rings is 1. The Balaban J connectivity index is 1.66. The fourth-order valence-corrected chi connectivity index (χ4v) is 4.19. The van der Waals surface area contributed by atoms with Gasteiger partial charge in [0.2, 0.25) is 10.0 Å². The zero-order valence-electron chi connectivity index (χ0n) is 12.8. The second kappa shape index (κ2) is 5.35. The predicted molar refractivity (Wildman–Crippen MR) is 85.5 cm³/mol. The van der Waals surface area contributed by atoms with E-state index >= 15 is 0 Å². The van der Waals surface area contributed by atoms with Crippen molar-refractivity contribution in [1.82, 2.24) is 14.9 Å². The van der Waals surface area contributed by atoms with Crippen LogP contribution in [-0.2, 0) is 16.4 Å². The van der Waals surface area contributed by atoms with Crippen LogP contribution in [0, 0.1) is 0 Å². The van der Waals surface area contributed by atoms with E-state index in [0.29, 0.717) is 5.56 Å². The van der Waals surface area contributed by atoms with Gasteiger partial charge in [-0.1, -0.05) is 0 Å². The molecule has 2 aromatic rings. The van der Waals surface area contributed by atoms with Gasteiger partial charge >= 0.3 is 0 Å². The van der Waals surface area contributed by atoms with E-state index in [4.69, 9.17) is 5.14 Å². The van der Waals surface area contributed by atoms with Crippen LogP contribution in [-0.4, -0.2) is 35.2 Å². The predicted octanol–water partition coefficient (Wildman–Crippen LogP) is 1.03. The Hall–Kier alpha value is -2.32. The van der Waals surface area contributed by atoms with E-state index in [1.54, 1.807) is 12.5 Å². The summed E-state index contributed by atoms with van der Waals surface area (Å²) in [5.41, 5.74) is 2.49. The van der Waals surface area contributed by atoms with Crippen LogP contribution < -0.4 is 5.14 Å².